The molecule has 1 rings (SSSR count). The molecule has 0 aliphatic rings. The summed E-state index contributed by atoms with van der Waals surface area (Å²) in [7, 11) is 0. The summed E-state index contributed by atoms with van der Waals surface area (Å²) >= 11 is 0. The molecular formula is C10H15N3O3. The van der Waals surface area contributed by atoms with Crippen LogP contribution in [0.3, 0.4) is 0 Å². The number of amides is 1. The maximum absolute atomic E-state index is 11.9. The van der Waals surface area contributed by atoms with E-state index in [9.17, 15) is 4.79 Å². The summed E-state index contributed by atoms with van der Waals surface area (Å²) in [4.78, 5) is 17.1. The van der Waals surface area contributed by atoms with Gasteiger partial charge < -0.3 is 20.8 Å². The minimum atomic E-state index is -0.351. The lowest BCUT2D eigenvalue weighted by molar-refractivity contribution is 0.0679. The predicted octanol–water partition coefficient (Wildman–Crippen LogP) is -0.909. The second-order valence-electron chi connectivity index (χ2n) is 3.21. The SMILES string of the molecule is Nc1ccnc(C(=O)N(CCO)CCO)c1. The average molecular weight is 225 g/mol. The Morgan fingerprint density at radius 1 is 1.38 bits per heavy atom. The summed E-state index contributed by atoms with van der Waals surface area (Å²) in [6, 6.07) is 3.04. The van der Waals surface area contributed by atoms with Crippen LogP contribution in [-0.4, -0.2) is 52.3 Å². The van der Waals surface area contributed by atoms with Crippen LogP contribution in [0.4, 0.5) is 5.69 Å². The molecule has 0 aromatic carbocycles. The third kappa shape index (κ3) is 3.18. The summed E-state index contributed by atoms with van der Waals surface area (Å²) in [6.45, 7) is 0.00779. The molecule has 1 aromatic rings. The first-order chi connectivity index (χ1) is 7.69. The van der Waals surface area contributed by atoms with Crippen LogP contribution in [0.15, 0.2) is 18.3 Å². The fourth-order valence-electron chi connectivity index (χ4n) is 1.28. The molecule has 1 heterocycles. The maximum Gasteiger partial charge on any atom is 0.272 e. The zero-order valence-electron chi connectivity index (χ0n) is 8.83. The Labute approximate surface area is 93.3 Å². The Hall–Kier alpha value is -1.66. The molecule has 16 heavy (non-hydrogen) atoms. The third-order valence-corrected chi connectivity index (χ3v) is 2.03. The van der Waals surface area contributed by atoms with E-state index in [0.29, 0.717) is 5.69 Å². The van der Waals surface area contributed by atoms with Gasteiger partial charge in [0, 0.05) is 25.0 Å². The van der Waals surface area contributed by atoms with Crippen molar-refractivity contribution >= 4 is 11.6 Å². The highest BCUT2D eigenvalue weighted by molar-refractivity contribution is 5.93. The summed E-state index contributed by atoms with van der Waals surface area (Å²) in [5.41, 5.74) is 6.20. The summed E-state index contributed by atoms with van der Waals surface area (Å²) in [5, 5.41) is 17.6. The van der Waals surface area contributed by atoms with Crippen molar-refractivity contribution in [3.05, 3.63) is 24.0 Å². The van der Waals surface area contributed by atoms with Crippen LogP contribution in [-0.2, 0) is 0 Å². The number of hydrogen-bond acceptors (Lipinski definition) is 5. The number of nitrogens with two attached hydrogens (primary N) is 1. The molecule has 0 aliphatic carbocycles. The lowest BCUT2D eigenvalue weighted by Crippen LogP contribution is -2.36. The smallest absolute Gasteiger partial charge is 0.272 e. The van der Waals surface area contributed by atoms with Gasteiger partial charge >= 0.3 is 0 Å². The van der Waals surface area contributed by atoms with E-state index in [-0.39, 0.29) is 37.9 Å². The standard InChI is InChI=1S/C10H15N3O3/c11-8-1-2-12-9(7-8)10(16)13(3-5-14)4-6-15/h1-2,7,14-15H,3-6H2,(H2,11,12). The topological polar surface area (TPSA) is 99.7 Å². The van der Waals surface area contributed by atoms with Crippen molar-refractivity contribution in [3.63, 3.8) is 0 Å². The molecule has 0 saturated carbocycles. The molecule has 0 saturated heterocycles. The van der Waals surface area contributed by atoms with Gasteiger partial charge in [-0.3, -0.25) is 9.78 Å². The predicted molar refractivity (Wildman–Crippen MR) is 58.7 cm³/mol. The maximum atomic E-state index is 11.9. The molecule has 1 amide bonds. The van der Waals surface area contributed by atoms with Crippen LogP contribution in [0.5, 0.6) is 0 Å². The number of carbonyl (C=O) groups excluding carboxylic acids is 1. The Morgan fingerprint density at radius 2 is 2.00 bits per heavy atom. The van der Waals surface area contributed by atoms with Crippen LogP contribution in [0.25, 0.3) is 0 Å². The number of pyridine rings is 1. The number of nitrogens with zero attached hydrogens (tertiary/aromatic N) is 2. The van der Waals surface area contributed by atoms with Gasteiger partial charge in [-0.05, 0) is 12.1 Å². The molecule has 0 aliphatic heterocycles. The highest BCUT2D eigenvalue weighted by atomic mass is 16.3. The first kappa shape index (κ1) is 12.4. The fourth-order valence-corrected chi connectivity index (χ4v) is 1.28. The molecule has 0 unspecified atom stereocenters. The highest BCUT2D eigenvalue weighted by Gasteiger charge is 2.15. The average Bonchev–Trinajstić information content (AvgIpc) is 2.28. The lowest BCUT2D eigenvalue weighted by atomic mass is 10.3. The molecule has 1 aromatic heterocycles. The fraction of sp³-hybridized carbons (Fsp3) is 0.400. The van der Waals surface area contributed by atoms with E-state index in [4.69, 9.17) is 15.9 Å². The van der Waals surface area contributed by atoms with Crippen molar-refractivity contribution in [3.8, 4) is 0 Å². The van der Waals surface area contributed by atoms with Gasteiger partial charge in [0.15, 0.2) is 0 Å². The number of nitrogen functional groups attached to an aromatic ring is 1. The summed E-state index contributed by atoms with van der Waals surface area (Å²) < 4.78 is 0. The van der Waals surface area contributed by atoms with Crippen molar-refractivity contribution in [2.24, 2.45) is 0 Å². The summed E-state index contributed by atoms with van der Waals surface area (Å²) in [5.74, 6) is -0.351. The van der Waals surface area contributed by atoms with Crippen molar-refractivity contribution in [1.29, 1.82) is 0 Å². The van der Waals surface area contributed by atoms with Gasteiger partial charge in [0.05, 0.1) is 13.2 Å². The Bertz CT molecular complexity index is 351. The molecule has 0 fully saturated rings. The quantitative estimate of drug-likeness (QED) is 0.602. The molecule has 6 nitrogen and oxygen atoms in total. The second-order valence-corrected chi connectivity index (χ2v) is 3.21. The number of rotatable bonds is 5. The van der Waals surface area contributed by atoms with Crippen molar-refractivity contribution in [1.82, 2.24) is 9.88 Å². The molecule has 0 atom stereocenters. The minimum absolute atomic E-state index is 0.159. The zero-order valence-corrected chi connectivity index (χ0v) is 8.83. The number of carbonyl (C=O) groups is 1. The number of aliphatic hydroxyl groups excluding tert-OH is 2. The first-order valence-corrected chi connectivity index (χ1v) is 4.91. The monoisotopic (exact) mass is 225 g/mol. The van der Waals surface area contributed by atoms with E-state index in [0.717, 1.165) is 0 Å². The van der Waals surface area contributed by atoms with Crippen LogP contribution < -0.4 is 5.73 Å². The molecule has 4 N–H and O–H groups in total. The molecular weight excluding hydrogens is 210 g/mol. The van der Waals surface area contributed by atoms with Gasteiger partial charge in [0.2, 0.25) is 0 Å². The van der Waals surface area contributed by atoms with Gasteiger partial charge in [0.1, 0.15) is 5.69 Å². The third-order valence-electron chi connectivity index (χ3n) is 2.03. The lowest BCUT2D eigenvalue weighted by Gasteiger charge is -2.20. The zero-order chi connectivity index (χ0) is 12.0. The Kier molecular flexibility index (Phi) is 4.68. The van der Waals surface area contributed by atoms with Crippen molar-refractivity contribution in [2.45, 2.75) is 0 Å². The molecule has 0 radical (unpaired) electrons. The van der Waals surface area contributed by atoms with Crippen LogP contribution in [0.1, 0.15) is 10.5 Å². The number of anilines is 1. The minimum Gasteiger partial charge on any atom is -0.399 e. The highest BCUT2D eigenvalue weighted by Crippen LogP contribution is 2.06. The van der Waals surface area contributed by atoms with E-state index < -0.39 is 0 Å². The van der Waals surface area contributed by atoms with Crippen LogP contribution in [0.2, 0.25) is 0 Å². The first-order valence-electron chi connectivity index (χ1n) is 4.91. The molecule has 0 spiro atoms. The Morgan fingerprint density at radius 3 is 2.50 bits per heavy atom. The van der Waals surface area contributed by atoms with Gasteiger partial charge in [-0.15, -0.1) is 0 Å². The van der Waals surface area contributed by atoms with Crippen LogP contribution in [0, 0.1) is 0 Å². The van der Waals surface area contributed by atoms with E-state index in [1.54, 1.807) is 6.07 Å². The second kappa shape index (κ2) is 6.04. The summed E-state index contributed by atoms with van der Waals surface area (Å²) in [6.07, 6.45) is 1.44. The van der Waals surface area contributed by atoms with E-state index in [1.165, 1.54) is 17.2 Å². The van der Waals surface area contributed by atoms with Gasteiger partial charge in [-0.1, -0.05) is 0 Å². The number of hydrogen-bond donors (Lipinski definition) is 3. The Balaban J connectivity index is 2.81. The van der Waals surface area contributed by atoms with Crippen molar-refractivity contribution in [2.75, 3.05) is 32.0 Å². The van der Waals surface area contributed by atoms with Gasteiger partial charge in [0.25, 0.3) is 5.91 Å². The molecule has 88 valence electrons. The normalized spacial score (nSPS) is 10.1. The molecule has 0 bridgehead atoms. The largest absolute Gasteiger partial charge is 0.399 e. The van der Waals surface area contributed by atoms with E-state index >= 15 is 0 Å². The van der Waals surface area contributed by atoms with Gasteiger partial charge in [-0.25, -0.2) is 0 Å². The molecule has 6 heteroatoms. The van der Waals surface area contributed by atoms with E-state index in [1.807, 2.05) is 0 Å². The van der Waals surface area contributed by atoms with Gasteiger partial charge in [-0.2, -0.15) is 0 Å². The van der Waals surface area contributed by atoms with Crippen LogP contribution >= 0.6 is 0 Å². The number of aliphatic hydroxyl groups is 2. The van der Waals surface area contributed by atoms with E-state index in [2.05, 4.69) is 4.98 Å². The van der Waals surface area contributed by atoms with Crippen molar-refractivity contribution < 1.29 is 15.0 Å². The number of aromatic nitrogens is 1.